The molecule has 2 aromatic rings. The van der Waals surface area contributed by atoms with Crippen LogP contribution in [0.3, 0.4) is 0 Å². The molecule has 1 aliphatic heterocycles. The first-order valence-corrected chi connectivity index (χ1v) is 7.04. The Labute approximate surface area is 127 Å². The van der Waals surface area contributed by atoms with Crippen LogP contribution in [0.15, 0.2) is 42.5 Å². The summed E-state index contributed by atoms with van der Waals surface area (Å²) >= 11 is 0. The number of halogens is 3. The normalized spacial score (nSPS) is 14.9. The van der Waals surface area contributed by atoms with E-state index in [1.807, 2.05) is 0 Å². The highest BCUT2D eigenvalue weighted by atomic mass is 19.4. The van der Waals surface area contributed by atoms with Gasteiger partial charge in [-0.25, -0.2) is 0 Å². The van der Waals surface area contributed by atoms with Gasteiger partial charge in [-0.1, -0.05) is 35.9 Å². The molecule has 0 unspecified atom stereocenters. The minimum Gasteiger partial charge on any atom is -0.406 e. The van der Waals surface area contributed by atoms with E-state index >= 15 is 0 Å². The minimum absolute atomic E-state index is 0.184. The Kier molecular flexibility index (Phi) is 3.83. The molecule has 0 aromatic heterocycles. The lowest BCUT2D eigenvalue weighted by Gasteiger charge is -2.15. The van der Waals surface area contributed by atoms with Crippen LogP contribution in [0.5, 0.6) is 5.75 Å². The number of rotatable bonds is 3. The maximum atomic E-state index is 12.1. The van der Waals surface area contributed by atoms with Crippen molar-refractivity contribution in [1.29, 1.82) is 0 Å². The largest absolute Gasteiger partial charge is 0.573 e. The predicted octanol–water partition coefficient (Wildman–Crippen LogP) is 4.41. The summed E-state index contributed by atoms with van der Waals surface area (Å²) in [5.41, 5.74) is 4.87. The van der Waals surface area contributed by atoms with Gasteiger partial charge < -0.3 is 4.74 Å². The van der Waals surface area contributed by atoms with E-state index < -0.39 is 6.36 Å². The molecule has 2 nitrogen and oxygen atoms in total. The van der Waals surface area contributed by atoms with Gasteiger partial charge in [0.05, 0.1) is 0 Å². The Morgan fingerprint density at radius 2 is 1.68 bits per heavy atom. The van der Waals surface area contributed by atoms with E-state index in [4.69, 9.17) is 0 Å². The molecule has 0 N–H and O–H groups in total. The Hall–Kier alpha value is -2.01. The number of hydrogen-bond donors (Lipinski definition) is 0. The first-order valence-electron chi connectivity index (χ1n) is 7.04. The van der Waals surface area contributed by atoms with Crippen LogP contribution in [0.1, 0.15) is 22.3 Å². The van der Waals surface area contributed by atoms with Crippen molar-refractivity contribution >= 4 is 0 Å². The molecule has 0 amide bonds. The zero-order valence-electron chi connectivity index (χ0n) is 12.2. The highest BCUT2D eigenvalue weighted by molar-refractivity contribution is 5.34. The van der Waals surface area contributed by atoms with Gasteiger partial charge in [0.25, 0.3) is 0 Å². The fourth-order valence-electron chi connectivity index (χ4n) is 2.76. The first kappa shape index (κ1) is 14.9. The van der Waals surface area contributed by atoms with Gasteiger partial charge in [-0.05, 0) is 35.7 Å². The topological polar surface area (TPSA) is 12.5 Å². The first-order chi connectivity index (χ1) is 10.4. The van der Waals surface area contributed by atoms with E-state index in [2.05, 4.69) is 34.8 Å². The zero-order valence-corrected chi connectivity index (χ0v) is 12.2. The summed E-state index contributed by atoms with van der Waals surface area (Å²) in [7, 11) is 0. The number of ether oxygens (including phenoxy) is 1. The number of alkyl halides is 3. The second-order valence-corrected chi connectivity index (χ2v) is 5.61. The van der Waals surface area contributed by atoms with Crippen molar-refractivity contribution in [3.05, 3.63) is 64.7 Å². The summed E-state index contributed by atoms with van der Waals surface area (Å²) in [4.78, 5) is 2.27. The molecule has 0 radical (unpaired) electrons. The molecular formula is C17H16F3NO. The van der Waals surface area contributed by atoms with Crippen molar-refractivity contribution in [3.8, 4) is 5.75 Å². The number of benzene rings is 2. The Balaban J connectivity index is 1.63. The lowest BCUT2D eigenvalue weighted by Crippen LogP contribution is -2.17. The number of aryl methyl sites for hydroxylation is 1. The van der Waals surface area contributed by atoms with E-state index in [-0.39, 0.29) is 5.75 Å². The van der Waals surface area contributed by atoms with Gasteiger partial charge in [-0.3, -0.25) is 4.90 Å². The molecular weight excluding hydrogens is 291 g/mol. The summed E-state index contributed by atoms with van der Waals surface area (Å²) in [5.74, 6) is -0.184. The van der Waals surface area contributed by atoms with Crippen LogP contribution in [-0.4, -0.2) is 11.3 Å². The van der Waals surface area contributed by atoms with Crippen molar-refractivity contribution in [2.75, 3.05) is 0 Å². The standard InChI is InChI=1S/C17H16F3NO/c1-12-2-5-14-10-21(11-15(14)8-12)9-13-3-6-16(7-4-13)22-17(18,19)20/h2-8H,9-11H2,1H3. The second-order valence-electron chi connectivity index (χ2n) is 5.61. The molecule has 116 valence electrons. The van der Waals surface area contributed by atoms with Crippen LogP contribution in [-0.2, 0) is 19.6 Å². The maximum Gasteiger partial charge on any atom is 0.573 e. The summed E-state index contributed by atoms with van der Waals surface area (Å²) in [6.07, 6.45) is -4.64. The lowest BCUT2D eigenvalue weighted by atomic mass is 10.1. The van der Waals surface area contributed by atoms with Crippen LogP contribution in [0.25, 0.3) is 0 Å². The highest BCUT2D eigenvalue weighted by Crippen LogP contribution is 2.27. The molecule has 0 saturated carbocycles. The molecule has 22 heavy (non-hydrogen) atoms. The Morgan fingerprint density at radius 3 is 2.36 bits per heavy atom. The maximum absolute atomic E-state index is 12.1. The monoisotopic (exact) mass is 307 g/mol. The molecule has 0 fully saturated rings. The summed E-state index contributed by atoms with van der Waals surface area (Å²) in [6, 6.07) is 12.5. The van der Waals surface area contributed by atoms with E-state index in [0.29, 0.717) is 6.54 Å². The zero-order chi connectivity index (χ0) is 15.7. The third kappa shape index (κ3) is 3.60. The van der Waals surface area contributed by atoms with Crippen molar-refractivity contribution in [1.82, 2.24) is 4.90 Å². The fourth-order valence-corrected chi connectivity index (χ4v) is 2.76. The van der Waals surface area contributed by atoms with Gasteiger partial charge in [0.15, 0.2) is 0 Å². The van der Waals surface area contributed by atoms with E-state index in [9.17, 15) is 13.2 Å². The number of fused-ring (bicyclic) bond motifs is 1. The van der Waals surface area contributed by atoms with Crippen LogP contribution in [0.2, 0.25) is 0 Å². The smallest absolute Gasteiger partial charge is 0.406 e. The summed E-state index contributed by atoms with van der Waals surface area (Å²) in [5, 5.41) is 0. The highest BCUT2D eigenvalue weighted by Gasteiger charge is 2.31. The SMILES string of the molecule is Cc1ccc2c(c1)CN(Cc1ccc(OC(F)(F)F)cc1)C2. The molecule has 0 bridgehead atoms. The van der Waals surface area contributed by atoms with Crippen LogP contribution >= 0.6 is 0 Å². The van der Waals surface area contributed by atoms with Gasteiger partial charge in [0.1, 0.15) is 5.75 Å². The minimum atomic E-state index is -4.64. The van der Waals surface area contributed by atoms with Gasteiger partial charge >= 0.3 is 6.36 Å². The number of nitrogens with zero attached hydrogens (tertiary/aromatic N) is 1. The average Bonchev–Trinajstić information content (AvgIpc) is 2.80. The van der Waals surface area contributed by atoms with Gasteiger partial charge in [-0.2, -0.15) is 0 Å². The predicted molar refractivity (Wildman–Crippen MR) is 77.3 cm³/mol. The van der Waals surface area contributed by atoms with Crippen LogP contribution in [0.4, 0.5) is 13.2 Å². The van der Waals surface area contributed by atoms with Gasteiger partial charge in [-0.15, -0.1) is 13.2 Å². The Morgan fingerprint density at radius 1 is 1.00 bits per heavy atom. The summed E-state index contributed by atoms with van der Waals surface area (Å²) in [6.45, 7) is 4.52. The van der Waals surface area contributed by atoms with E-state index in [1.165, 1.54) is 28.8 Å². The van der Waals surface area contributed by atoms with Crippen molar-refractivity contribution in [2.45, 2.75) is 32.9 Å². The lowest BCUT2D eigenvalue weighted by molar-refractivity contribution is -0.274. The van der Waals surface area contributed by atoms with Crippen LogP contribution in [0, 0.1) is 6.92 Å². The average molecular weight is 307 g/mol. The van der Waals surface area contributed by atoms with Crippen molar-refractivity contribution in [2.24, 2.45) is 0 Å². The van der Waals surface area contributed by atoms with E-state index in [0.717, 1.165) is 18.7 Å². The molecule has 5 heteroatoms. The van der Waals surface area contributed by atoms with E-state index in [1.54, 1.807) is 12.1 Å². The van der Waals surface area contributed by atoms with Crippen molar-refractivity contribution in [3.63, 3.8) is 0 Å². The third-order valence-corrected chi connectivity index (χ3v) is 3.71. The molecule has 0 saturated heterocycles. The molecule has 3 rings (SSSR count). The number of hydrogen-bond acceptors (Lipinski definition) is 2. The molecule has 1 aliphatic rings. The van der Waals surface area contributed by atoms with Gasteiger partial charge in [0.2, 0.25) is 0 Å². The molecule has 0 aliphatic carbocycles. The molecule has 2 aromatic carbocycles. The third-order valence-electron chi connectivity index (χ3n) is 3.71. The Bertz CT molecular complexity index is 665. The van der Waals surface area contributed by atoms with Gasteiger partial charge in [0, 0.05) is 19.6 Å². The van der Waals surface area contributed by atoms with Crippen molar-refractivity contribution < 1.29 is 17.9 Å². The quantitative estimate of drug-likeness (QED) is 0.833. The molecule has 1 heterocycles. The molecule has 0 atom stereocenters. The molecule has 0 spiro atoms. The second kappa shape index (κ2) is 5.65. The van der Waals surface area contributed by atoms with Crippen LogP contribution < -0.4 is 4.74 Å². The fraction of sp³-hybridized carbons (Fsp3) is 0.294. The summed E-state index contributed by atoms with van der Waals surface area (Å²) < 4.78 is 40.2.